The van der Waals surface area contributed by atoms with Gasteiger partial charge in [0, 0.05) is 53.2 Å². The lowest BCUT2D eigenvalue weighted by Crippen LogP contribution is -2.18. The highest BCUT2D eigenvalue weighted by atomic mass is 15.1. The van der Waals surface area contributed by atoms with Gasteiger partial charge in [0.15, 0.2) is 0 Å². The minimum atomic E-state index is 0.921. The van der Waals surface area contributed by atoms with Crippen LogP contribution in [0.3, 0.4) is 0 Å². The Balaban J connectivity index is 1.39. The number of rotatable bonds is 4. The molecule has 0 bridgehead atoms. The molecule has 0 amide bonds. The highest BCUT2D eigenvalue weighted by Gasteiger charge is 2.14. The number of hydrogen-bond donors (Lipinski definition) is 2. The van der Waals surface area contributed by atoms with Crippen molar-refractivity contribution in [3.05, 3.63) is 66.7 Å². The summed E-state index contributed by atoms with van der Waals surface area (Å²) in [6.45, 7) is 3.35. The van der Waals surface area contributed by atoms with E-state index in [0.29, 0.717) is 0 Å². The number of fused-ring (bicyclic) bond motifs is 2. The number of benzene rings is 1. The minimum absolute atomic E-state index is 0.921. The number of aromatic amines is 2. The Labute approximate surface area is 174 Å². The molecule has 1 aromatic carbocycles. The summed E-state index contributed by atoms with van der Waals surface area (Å²) in [4.78, 5) is 14.7. The molecule has 4 aromatic heterocycles. The Morgan fingerprint density at radius 2 is 1.80 bits per heavy atom. The molecule has 1 aliphatic heterocycles. The number of H-pyrrole nitrogens is 2. The van der Waals surface area contributed by atoms with Crippen LogP contribution in [0.15, 0.2) is 61.2 Å². The second-order valence-electron chi connectivity index (χ2n) is 8.04. The zero-order valence-corrected chi connectivity index (χ0v) is 16.6. The Bertz CT molecular complexity index is 1310. The van der Waals surface area contributed by atoms with E-state index in [-0.39, 0.29) is 0 Å². The topological polar surface area (TPSA) is 73.5 Å². The maximum atomic E-state index is 4.58. The smallest absolute Gasteiger partial charge is 0.116 e. The quantitative estimate of drug-likeness (QED) is 0.461. The maximum Gasteiger partial charge on any atom is 0.116 e. The summed E-state index contributed by atoms with van der Waals surface area (Å²) in [6, 6.07) is 12.8. The van der Waals surface area contributed by atoms with Gasteiger partial charge in [-0.25, -0.2) is 0 Å². The van der Waals surface area contributed by atoms with Gasteiger partial charge in [-0.2, -0.15) is 5.10 Å². The summed E-state index contributed by atoms with van der Waals surface area (Å²) in [6.07, 6.45) is 10.2. The second-order valence-corrected chi connectivity index (χ2v) is 8.04. The molecule has 0 saturated carbocycles. The van der Waals surface area contributed by atoms with E-state index >= 15 is 0 Å². The molecule has 6 nitrogen and oxygen atoms in total. The van der Waals surface area contributed by atoms with E-state index in [0.717, 1.165) is 50.9 Å². The van der Waals surface area contributed by atoms with E-state index in [1.54, 1.807) is 6.20 Å². The molecule has 0 radical (unpaired) electrons. The van der Waals surface area contributed by atoms with Crippen LogP contribution in [0.25, 0.3) is 44.3 Å². The lowest BCUT2D eigenvalue weighted by atomic mass is 10.0. The van der Waals surface area contributed by atoms with Crippen LogP contribution in [0, 0.1) is 0 Å². The van der Waals surface area contributed by atoms with E-state index < -0.39 is 0 Å². The van der Waals surface area contributed by atoms with Crippen molar-refractivity contribution in [2.75, 3.05) is 13.1 Å². The van der Waals surface area contributed by atoms with Crippen LogP contribution in [-0.2, 0) is 6.54 Å². The van der Waals surface area contributed by atoms with Crippen molar-refractivity contribution in [1.82, 2.24) is 30.0 Å². The number of aromatic nitrogens is 5. The van der Waals surface area contributed by atoms with Gasteiger partial charge in [-0.3, -0.25) is 20.0 Å². The molecule has 1 saturated heterocycles. The standard InChI is InChI=1S/C24H22N6/c1-2-8-30(7-1)15-16-9-18(13-26-12-16)17-3-4-22-20(10-17)24(29-28-22)23-11-19-14-25-6-5-21(19)27-23/h3-6,9-14,27H,1-2,7-8,15H2,(H,28,29). The second kappa shape index (κ2) is 7.07. The Morgan fingerprint density at radius 3 is 2.70 bits per heavy atom. The van der Waals surface area contributed by atoms with Crippen molar-refractivity contribution >= 4 is 21.8 Å². The lowest BCUT2D eigenvalue weighted by molar-refractivity contribution is 0.331. The van der Waals surface area contributed by atoms with Crippen molar-refractivity contribution in [2.24, 2.45) is 0 Å². The Kier molecular flexibility index (Phi) is 4.09. The molecule has 30 heavy (non-hydrogen) atoms. The molecule has 5 heterocycles. The molecule has 1 aliphatic rings. The normalized spacial score (nSPS) is 14.8. The SMILES string of the molecule is c1cc2[nH]c(-c3n[nH]c4ccc(-c5cncc(CN6CCCC6)c5)cc34)cc2cn1. The molecule has 0 atom stereocenters. The number of nitrogens with zero attached hydrogens (tertiary/aromatic N) is 4. The van der Waals surface area contributed by atoms with Crippen LogP contribution in [0.4, 0.5) is 0 Å². The summed E-state index contributed by atoms with van der Waals surface area (Å²) >= 11 is 0. The summed E-state index contributed by atoms with van der Waals surface area (Å²) in [5.74, 6) is 0. The average molecular weight is 394 g/mol. The maximum absolute atomic E-state index is 4.58. The highest BCUT2D eigenvalue weighted by Crippen LogP contribution is 2.31. The fourth-order valence-electron chi connectivity index (χ4n) is 4.43. The van der Waals surface area contributed by atoms with Crippen molar-refractivity contribution in [1.29, 1.82) is 0 Å². The molecular weight excluding hydrogens is 372 g/mol. The van der Waals surface area contributed by atoms with Gasteiger partial charge in [-0.15, -0.1) is 0 Å². The van der Waals surface area contributed by atoms with Gasteiger partial charge >= 0.3 is 0 Å². The first kappa shape index (κ1) is 17.4. The van der Waals surface area contributed by atoms with Gasteiger partial charge in [0.25, 0.3) is 0 Å². The Morgan fingerprint density at radius 1 is 0.867 bits per heavy atom. The van der Waals surface area contributed by atoms with Crippen molar-refractivity contribution in [3.8, 4) is 22.5 Å². The van der Waals surface area contributed by atoms with Crippen molar-refractivity contribution in [3.63, 3.8) is 0 Å². The molecule has 0 unspecified atom stereocenters. The molecule has 0 spiro atoms. The molecule has 2 N–H and O–H groups in total. The van der Waals surface area contributed by atoms with E-state index in [9.17, 15) is 0 Å². The molecule has 148 valence electrons. The summed E-state index contributed by atoms with van der Waals surface area (Å²) in [5.41, 5.74) is 7.55. The van der Waals surface area contributed by atoms with E-state index in [2.05, 4.69) is 60.4 Å². The van der Waals surface area contributed by atoms with Gasteiger partial charge in [-0.05, 0) is 67.4 Å². The monoisotopic (exact) mass is 394 g/mol. The molecule has 0 aliphatic carbocycles. The predicted molar refractivity (Wildman–Crippen MR) is 119 cm³/mol. The number of likely N-dealkylation sites (tertiary alicyclic amines) is 1. The molecular formula is C24H22N6. The number of hydrogen-bond acceptors (Lipinski definition) is 4. The van der Waals surface area contributed by atoms with Crippen LogP contribution in [0.5, 0.6) is 0 Å². The van der Waals surface area contributed by atoms with Gasteiger partial charge in [0.2, 0.25) is 0 Å². The highest BCUT2D eigenvalue weighted by molar-refractivity contribution is 5.97. The fraction of sp³-hybridized carbons (Fsp3) is 0.208. The number of pyridine rings is 2. The van der Waals surface area contributed by atoms with Crippen molar-refractivity contribution in [2.45, 2.75) is 19.4 Å². The van der Waals surface area contributed by atoms with Crippen molar-refractivity contribution < 1.29 is 0 Å². The molecule has 1 fully saturated rings. The zero-order valence-electron chi connectivity index (χ0n) is 16.6. The van der Waals surface area contributed by atoms with E-state index in [1.165, 1.54) is 31.5 Å². The summed E-state index contributed by atoms with van der Waals surface area (Å²) < 4.78 is 0. The first-order valence-corrected chi connectivity index (χ1v) is 10.4. The third kappa shape index (κ3) is 3.06. The third-order valence-electron chi connectivity index (χ3n) is 5.97. The predicted octanol–water partition coefficient (Wildman–Crippen LogP) is 4.76. The summed E-state index contributed by atoms with van der Waals surface area (Å²) in [7, 11) is 0. The first-order valence-electron chi connectivity index (χ1n) is 10.4. The van der Waals surface area contributed by atoms with Crippen LogP contribution >= 0.6 is 0 Å². The van der Waals surface area contributed by atoms with Crippen LogP contribution in [-0.4, -0.2) is 43.1 Å². The molecule has 6 heteroatoms. The van der Waals surface area contributed by atoms with E-state index in [4.69, 9.17) is 0 Å². The van der Waals surface area contributed by atoms with Crippen LogP contribution < -0.4 is 0 Å². The van der Waals surface area contributed by atoms with E-state index in [1.807, 2.05) is 24.7 Å². The van der Waals surface area contributed by atoms with Gasteiger partial charge in [0.1, 0.15) is 5.69 Å². The zero-order chi connectivity index (χ0) is 19.9. The first-order chi connectivity index (χ1) is 14.8. The fourth-order valence-corrected chi connectivity index (χ4v) is 4.43. The van der Waals surface area contributed by atoms with Gasteiger partial charge in [0.05, 0.1) is 11.2 Å². The van der Waals surface area contributed by atoms with Crippen LogP contribution in [0.2, 0.25) is 0 Å². The Hall–Kier alpha value is -3.51. The third-order valence-corrected chi connectivity index (χ3v) is 5.97. The largest absolute Gasteiger partial charge is 0.353 e. The average Bonchev–Trinajstić information content (AvgIpc) is 3.52. The van der Waals surface area contributed by atoms with Gasteiger partial charge in [-0.1, -0.05) is 6.07 Å². The summed E-state index contributed by atoms with van der Waals surface area (Å²) in [5, 5.41) is 9.92. The van der Waals surface area contributed by atoms with Gasteiger partial charge < -0.3 is 4.98 Å². The molecule has 6 rings (SSSR count). The van der Waals surface area contributed by atoms with Crippen LogP contribution in [0.1, 0.15) is 18.4 Å². The molecule has 5 aromatic rings. The lowest BCUT2D eigenvalue weighted by Gasteiger charge is -2.14. The minimum Gasteiger partial charge on any atom is -0.353 e. The number of nitrogens with one attached hydrogen (secondary N) is 2.